The highest BCUT2D eigenvalue weighted by atomic mass is 79.9. The fraction of sp³-hybridized carbons (Fsp3) is 0.500. The van der Waals surface area contributed by atoms with Gasteiger partial charge in [0, 0.05) is 4.47 Å². The van der Waals surface area contributed by atoms with Crippen LogP contribution < -0.4 is 4.43 Å². The molecule has 4 heteroatoms. The maximum Gasteiger partial charge on any atom is 0.250 e. The fourth-order valence-corrected chi connectivity index (χ4v) is 2.69. The Labute approximate surface area is 119 Å². The van der Waals surface area contributed by atoms with E-state index in [1.54, 1.807) is 6.92 Å². The molecule has 18 heavy (non-hydrogen) atoms. The highest BCUT2D eigenvalue weighted by Gasteiger charge is 2.39. The second kappa shape index (κ2) is 5.17. The molecule has 0 heterocycles. The summed E-state index contributed by atoms with van der Waals surface area (Å²) in [7, 11) is -1.91. The molecule has 1 aromatic rings. The van der Waals surface area contributed by atoms with Crippen molar-refractivity contribution in [3.63, 3.8) is 0 Å². The lowest BCUT2D eigenvalue weighted by molar-refractivity contribution is 0.101. The van der Waals surface area contributed by atoms with Gasteiger partial charge in [-0.05, 0) is 43.3 Å². The van der Waals surface area contributed by atoms with E-state index in [4.69, 9.17) is 4.43 Å². The SMILES string of the molecule is CC(=O)c1cc(Br)ccc1O[Si](C)(C)C(C)(C)C. The molecule has 0 saturated heterocycles. The molecule has 0 spiro atoms. The van der Waals surface area contributed by atoms with E-state index in [-0.39, 0.29) is 10.8 Å². The predicted molar refractivity (Wildman–Crippen MR) is 82.0 cm³/mol. The van der Waals surface area contributed by atoms with Crippen LogP contribution in [0.4, 0.5) is 0 Å². The van der Waals surface area contributed by atoms with Crippen LogP contribution in [0.15, 0.2) is 22.7 Å². The molecular formula is C14H21BrO2Si. The van der Waals surface area contributed by atoms with Gasteiger partial charge in [0.25, 0.3) is 8.32 Å². The van der Waals surface area contributed by atoms with E-state index in [0.717, 1.165) is 4.47 Å². The van der Waals surface area contributed by atoms with Gasteiger partial charge in [-0.3, -0.25) is 4.79 Å². The van der Waals surface area contributed by atoms with Crippen molar-refractivity contribution < 1.29 is 9.22 Å². The lowest BCUT2D eigenvalue weighted by atomic mass is 10.1. The van der Waals surface area contributed by atoms with Crippen molar-refractivity contribution in [3.8, 4) is 5.75 Å². The summed E-state index contributed by atoms with van der Waals surface area (Å²) in [5, 5.41) is 0.119. The first kappa shape index (κ1) is 15.4. The van der Waals surface area contributed by atoms with Crippen molar-refractivity contribution >= 4 is 30.0 Å². The second-order valence-electron chi connectivity index (χ2n) is 6.06. The van der Waals surface area contributed by atoms with Crippen LogP contribution in [0.5, 0.6) is 5.75 Å². The van der Waals surface area contributed by atoms with Crippen molar-refractivity contribution in [2.75, 3.05) is 0 Å². The van der Waals surface area contributed by atoms with Crippen molar-refractivity contribution in [1.29, 1.82) is 0 Å². The Morgan fingerprint density at radius 3 is 2.28 bits per heavy atom. The van der Waals surface area contributed by atoms with Crippen LogP contribution in [0.1, 0.15) is 38.1 Å². The summed E-state index contributed by atoms with van der Waals surface area (Å²) in [6.45, 7) is 12.5. The zero-order valence-corrected chi connectivity index (χ0v) is 14.5. The van der Waals surface area contributed by atoms with Gasteiger partial charge >= 0.3 is 0 Å². The Morgan fingerprint density at radius 1 is 1.28 bits per heavy atom. The topological polar surface area (TPSA) is 26.3 Å². The molecule has 1 rings (SSSR count). The lowest BCUT2D eigenvalue weighted by Crippen LogP contribution is -2.44. The van der Waals surface area contributed by atoms with Crippen LogP contribution in [0.2, 0.25) is 18.1 Å². The molecule has 0 atom stereocenters. The average Bonchev–Trinajstić information content (AvgIpc) is 2.18. The monoisotopic (exact) mass is 328 g/mol. The van der Waals surface area contributed by atoms with Gasteiger partial charge in [0.05, 0.1) is 5.56 Å². The summed E-state index contributed by atoms with van der Waals surface area (Å²) in [6, 6.07) is 5.61. The molecule has 0 unspecified atom stereocenters. The van der Waals surface area contributed by atoms with E-state index >= 15 is 0 Å². The standard InChI is InChI=1S/C14H21BrO2Si/c1-10(16)12-9-11(15)7-8-13(12)17-18(5,6)14(2,3)4/h7-9H,1-6H3. The van der Waals surface area contributed by atoms with Crippen LogP contribution in [-0.2, 0) is 0 Å². The van der Waals surface area contributed by atoms with Gasteiger partial charge < -0.3 is 4.43 Å². The van der Waals surface area contributed by atoms with Crippen LogP contribution in [0.25, 0.3) is 0 Å². The molecule has 0 N–H and O–H groups in total. The quantitative estimate of drug-likeness (QED) is 0.574. The minimum atomic E-state index is -1.91. The van der Waals surface area contributed by atoms with Crippen LogP contribution >= 0.6 is 15.9 Å². The zero-order valence-electron chi connectivity index (χ0n) is 11.9. The summed E-state index contributed by atoms with van der Waals surface area (Å²) in [4.78, 5) is 11.7. The van der Waals surface area contributed by atoms with E-state index in [9.17, 15) is 4.79 Å². The summed E-state index contributed by atoms with van der Waals surface area (Å²) in [5.41, 5.74) is 0.647. The number of hydrogen-bond donors (Lipinski definition) is 0. The Bertz CT molecular complexity index is 461. The molecular weight excluding hydrogens is 308 g/mol. The number of Topliss-reactive ketones (excluding diaryl/α,β-unsaturated/α-hetero) is 1. The van der Waals surface area contributed by atoms with E-state index in [0.29, 0.717) is 11.3 Å². The first-order valence-corrected chi connectivity index (χ1v) is 9.74. The highest BCUT2D eigenvalue weighted by molar-refractivity contribution is 9.10. The molecule has 0 aliphatic rings. The highest BCUT2D eigenvalue weighted by Crippen LogP contribution is 2.38. The van der Waals surface area contributed by atoms with Crippen molar-refractivity contribution in [1.82, 2.24) is 0 Å². The van der Waals surface area contributed by atoms with E-state index < -0.39 is 8.32 Å². The van der Waals surface area contributed by atoms with Crippen molar-refractivity contribution in [3.05, 3.63) is 28.2 Å². The molecule has 0 aromatic heterocycles. The summed E-state index contributed by atoms with van der Waals surface area (Å²) in [5.74, 6) is 0.738. The third-order valence-corrected chi connectivity index (χ3v) is 8.33. The van der Waals surface area contributed by atoms with Gasteiger partial charge in [-0.1, -0.05) is 36.7 Å². The number of benzene rings is 1. The van der Waals surface area contributed by atoms with E-state index in [1.165, 1.54) is 0 Å². The normalized spacial score (nSPS) is 12.4. The fourth-order valence-electron chi connectivity index (χ4n) is 1.29. The van der Waals surface area contributed by atoms with Crippen molar-refractivity contribution in [2.45, 2.75) is 45.8 Å². The summed E-state index contributed by atoms with van der Waals surface area (Å²) in [6.07, 6.45) is 0. The molecule has 1 aromatic carbocycles. The number of ketones is 1. The number of hydrogen-bond acceptors (Lipinski definition) is 2. The first-order chi connectivity index (χ1) is 8.04. The van der Waals surface area contributed by atoms with Gasteiger partial charge in [-0.15, -0.1) is 0 Å². The van der Waals surface area contributed by atoms with Crippen LogP contribution in [-0.4, -0.2) is 14.1 Å². The Kier molecular flexibility index (Phi) is 4.44. The largest absolute Gasteiger partial charge is 0.543 e. The molecule has 0 amide bonds. The molecule has 0 saturated carbocycles. The van der Waals surface area contributed by atoms with Gasteiger partial charge in [-0.25, -0.2) is 0 Å². The smallest absolute Gasteiger partial charge is 0.250 e. The van der Waals surface area contributed by atoms with Crippen LogP contribution in [0, 0.1) is 0 Å². The van der Waals surface area contributed by atoms with E-state index in [1.807, 2.05) is 18.2 Å². The summed E-state index contributed by atoms with van der Waals surface area (Å²) >= 11 is 3.39. The molecule has 100 valence electrons. The molecule has 0 fully saturated rings. The molecule has 0 aliphatic carbocycles. The molecule has 0 radical (unpaired) electrons. The molecule has 2 nitrogen and oxygen atoms in total. The number of rotatable bonds is 3. The third kappa shape index (κ3) is 3.45. The first-order valence-electron chi connectivity index (χ1n) is 6.04. The Morgan fingerprint density at radius 2 is 1.83 bits per heavy atom. The van der Waals surface area contributed by atoms with Gasteiger partial charge in [0.15, 0.2) is 5.78 Å². The van der Waals surface area contributed by atoms with Gasteiger partial charge in [0.2, 0.25) is 0 Å². The number of carbonyl (C=O) groups is 1. The third-order valence-electron chi connectivity index (χ3n) is 3.49. The number of carbonyl (C=O) groups excluding carboxylic acids is 1. The minimum Gasteiger partial charge on any atom is -0.543 e. The minimum absolute atomic E-state index is 0.0324. The second-order valence-corrected chi connectivity index (χ2v) is 11.7. The average molecular weight is 329 g/mol. The summed E-state index contributed by atoms with van der Waals surface area (Å²) < 4.78 is 7.11. The van der Waals surface area contributed by atoms with Gasteiger partial charge in [-0.2, -0.15) is 0 Å². The Hall–Kier alpha value is -0.613. The Balaban J connectivity index is 3.16. The van der Waals surface area contributed by atoms with E-state index in [2.05, 4.69) is 49.8 Å². The maximum absolute atomic E-state index is 11.7. The van der Waals surface area contributed by atoms with Crippen LogP contribution in [0.3, 0.4) is 0 Å². The molecule has 0 aliphatic heterocycles. The number of halogens is 1. The molecule has 0 bridgehead atoms. The maximum atomic E-state index is 11.7. The van der Waals surface area contributed by atoms with Gasteiger partial charge in [0.1, 0.15) is 5.75 Å². The van der Waals surface area contributed by atoms with Crippen molar-refractivity contribution in [2.24, 2.45) is 0 Å². The lowest BCUT2D eigenvalue weighted by Gasteiger charge is -2.36. The zero-order chi connectivity index (χ0) is 14.1. The predicted octanol–water partition coefficient (Wildman–Crippen LogP) is 5.04.